The summed E-state index contributed by atoms with van der Waals surface area (Å²) >= 11 is 0. The molecule has 0 heterocycles. The summed E-state index contributed by atoms with van der Waals surface area (Å²) in [7, 11) is 0. The summed E-state index contributed by atoms with van der Waals surface area (Å²) in [6.45, 7) is 6.61. The Bertz CT molecular complexity index is 1140. The quantitative estimate of drug-likeness (QED) is 0.0262. The van der Waals surface area contributed by atoms with Crippen LogP contribution >= 0.6 is 0 Å². The molecule has 0 radical (unpaired) electrons. The number of hydrogen-bond acceptors (Lipinski definition) is 6. The fourth-order valence-electron chi connectivity index (χ4n) is 8.82. The molecule has 0 rings (SSSR count). The van der Waals surface area contributed by atoms with Crippen molar-refractivity contribution in [3.8, 4) is 0 Å². The van der Waals surface area contributed by atoms with Gasteiger partial charge in [0.25, 0.3) is 0 Å². The highest BCUT2D eigenvalue weighted by Gasteiger charge is 2.19. The van der Waals surface area contributed by atoms with Crippen LogP contribution in [0.5, 0.6) is 0 Å². The molecule has 0 aliphatic heterocycles. The van der Waals surface area contributed by atoms with Gasteiger partial charge in [0, 0.05) is 19.3 Å². The van der Waals surface area contributed by atoms with Crippen LogP contribution in [0.25, 0.3) is 0 Å². The Morgan fingerprint density at radius 2 is 0.529 bits per heavy atom. The molecule has 0 saturated heterocycles. The number of ether oxygens (including phenoxy) is 3. The van der Waals surface area contributed by atoms with Crippen molar-refractivity contribution in [2.75, 3.05) is 13.2 Å². The Kier molecular flexibility index (Phi) is 55.2. The van der Waals surface area contributed by atoms with Crippen LogP contribution in [-0.2, 0) is 28.6 Å². The van der Waals surface area contributed by atoms with Gasteiger partial charge in [-0.3, -0.25) is 14.4 Å². The highest BCUT2D eigenvalue weighted by Crippen LogP contribution is 2.17. The Hall–Kier alpha value is -2.37. The zero-order valence-corrected chi connectivity index (χ0v) is 45.6. The zero-order chi connectivity index (χ0) is 49.3. The van der Waals surface area contributed by atoms with Crippen LogP contribution in [0.15, 0.2) is 36.5 Å². The van der Waals surface area contributed by atoms with Gasteiger partial charge >= 0.3 is 17.9 Å². The molecule has 1 atom stereocenters. The number of carbonyl (C=O) groups is 3. The first-order valence-corrected chi connectivity index (χ1v) is 30.0. The van der Waals surface area contributed by atoms with E-state index in [2.05, 4.69) is 57.2 Å². The van der Waals surface area contributed by atoms with E-state index in [1.54, 1.807) is 0 Å². The van der Waals surface area contributed by atoms with E-state index in [-0.39, 0.29) is 31.1 Å². The second-order valence-corrected chi connectivity index (χ2v) is 20.3. The molecule has 68 heavy (non-hydrogen) atoms. The second-order valence-electron chi connectivity index (χ2n) is 20.3. The van der Waals surface area contributed by atoms with Crippen LogP contribution in [0.3, 0.4) is 0 Å². The molecule has 0 amide bonds. The fourth-order valence-corrected chi connectivity index (χ4v) is 8.82. The summed E-state index contributed by atoms with van der Waals surface area (Å²) in [5.41, 5.74) is 0. The molecule has 0 aromatic rings. The molecule has 0 aromatic heterocycles. The third-order valence-electron chi connectivity index (χ3n) is 13.4. The highest BCUT2D eigenvalue weighted by molar-refractivity contribution is 5.71. The SMILES string of the molecule is CCCCC/C=C\C/C=C\CCCCCCCC(=O)OC(COC(=O)CCCCCCCCCC)COC(=O)CCCCCCCCCCCCCCCCC/C=C\CCCCCCCCCC. The zero-order valence-electron chi connectivity index (χ0n) is 45.6. The molecule has 0 aliphatic rings. The standard InChI is InChI=1S/C62H114O6/c1-4-7-10-13-16-19-21-23-25-26-27-28-29-30-31-32-33-34-35-36-38-39-41-43-46-49-52-55-61(64)67-58-59(57-66-60(63)54-51-48-45-18-15-12-9-6-3)68-62(65)56-53-50-47-44-42-40-37-24-22-20-17-14-11-8-5-2/h17,20,24,26-27,37,59H,4-16,18-19,21-23,25,28-36,38-58H2,1-3H3/b20-17-,27-26-,37-24-. The second kappa shape index (κ2) is 57.2. The van der Waals surface area contributed by atoms with E-state index in [1.807, 2.05) is 0 Å². The summed E-state index contributed by atoms with van der Waals surface area (Å²) in [6, 6.07) is 0. The normalized spacial score (nSPS) is 12.2. The van der Waals surface area contributed by atoms with E-state index in [9.17, 15) is 14.4 Å². The van der Waals surface area contributed by atoms with Crippen molar-refractivity contribution in [1.29, 1.82) is 0 Å². The highest BCUT2D eigenvalue weighted by atomic mass is 16.6. The van der Waals surface area contributed by atoms with Crippen LogP contribution in [0.2, 0.25) is 0 Å². The summed E-state index contributed by atoms with van der Waals surface area (Å²) in [5.74, 6) is -0.877. The minimum atomic E-state index is -0.774. The molecule has 0 N–H and O–H groups in total. The minimum Gasteiger partial charge on any atom is -0.462 e. The molecule has 6 heteroatoms. The summed E-state index contributed by atoms with van der Waals surface area (Å²) in [6.07, 6.45) is 68.8. The minimum absolute atomic E-state index is 0.0743. The number of allylic oxidation sites excluding steroid dienone is 6. The molecular formula is C62H114O6. The van der Waals surface area contributed by atoms with Gasteiger partial charge in [-0.25, -0.2) is 0 Å². The fraction of sp³-hybridized carbons (Fsp3) is 0.855. The molecule has 6 nitrogen and oxygen atoms in total. The predicted octanol–water partition coefficient (Wildman–Crippen LogP) is 20.0. The van der Waals surface area contributed by atoms with Gasteiger partial charge in [-0.05, 0) is 77.0 Å². The Morgan fingerprint density at radius 1 is 0.294 bits per heavy atom. The van der Waals surface area contributed by atoms with Gasteiger partial charge < -0.3 is 14.2 Å². The topological polar surface area (TPSA) is 78.9 Å². The lowest BCUT2D eigenvalue weighted by Crippen LogP contribution is -2.30. The Morgan fingerprint density at radius 3 is 0.853 bits per heavy atom. The smallest absolute Gasteiger partial charge is 0.306 e. The molecule has 0 spiro atoms. The summed E-state index contributed by atoms with van der Waals surface area (Å²) in [4.78, 5) is 38.0. The first-order chi connectivity index (χ1) is 33.5. The van der Waals surface area contributed by atoms with Gasteiger partial charge in [0.2, 0.25) is 0 Å². The molecule has 398 valence electrons. The average molecular weight is 956 g/mol. The third kappa shape index (κ3) is 54.6. The lowest BCUT2D eigenvalue weighted by Gasteiger charge is -2.18. The maximum atomic E-state index is 12.8. The van der Waals surface area contributed by atoms with E-state index in [4.69, 9.17) is 14.2 Å². The molecule has 0 aliphatic carbocycles. The van der Waals surface area contributed by atoms with Gasteiger partial charge in [0.1, 0.15) is 13.2 Å². The van der Waals surface area contributed by atoms with E-state index in [0.717, 1.165) is 83.5 Å². The first kappa shape index (κ1) is 65.6. The maximum Gasteiger partial charge on any atom is 0.306 e. The molecular weight excluding hydrogens is 841 g/mol. The number of esters is 3. The Labute approximate surface area is 423 Å². The first-order valence-electron chi connectivity index (χ1n) is 30.0. The average Bonchev–Trinajstić information content (AvgIpc) is 3.34. The summed E-state index contributed by atoms with van der Waals surface area (Å²) in [5, 5.41) is 0. The molecule has 0 saturated carbocycles. The number of carbonyl (C=O) groups excluding carboxylic acids is 3. The molecule has 0 aromatic carbocycles. The van der Waals surface area contributed by atoms with Crippen LogP contribution in [0.1, 0.15) is 323 Å². The van der Waals surface area contributed by atoms with E-state index in [1.165, 1.54) is 199 Å². The van der Waals surface area contributed by atoms with Gasteiger partial charge in [0.05, 0.1) is 0 Å². The maximum absolute atomic E-state index is 12.8. The van der Waals surface area contributed by atoms with Crippen LogP contribution in [-0.4, -0.2) is 37.2 Å². The number of hydrogen-bond donors (Lipinski definition) is 0. The third-order valence-corrected chi connectivity index (χ3v) is 13.4. The summed E-state index contributed by atoms with van der Waals surface area (Å²) < 4.78 is 16.8. The number of rotatable bonds is 55. The molecule has 1 unspecified atom stereocenters. The molecule has 0 bridgehead atoms. The van der Waals surface area contributed by atoms with Crippen molar-refractivity contribution in [1.82, 2.24) is 0 Å². The van der Waals surface area contributed by atoms with Crippen molar-refractivity contribution in [3.63, 3.8) is 0 Å². The lowest BCUT2D eigenvalue weighted by atomic mass is 10.0. The van der Waals surface area contributed by atoms with E-state index < -0.39 is 6.10 Å². The largest absolute Gasteiger partial charge is 0.462 e. The molecule has 0 fully saturated rings. The van der Waals surface area contributed by atoms with Crippen molar-refractivity contribution < 1.29 is 28.6 Å². The van der Waals surface area contributed by atoms with Crippen molar-refractivity contribution in [2.24, 2.45) is 0 Å². The van der Waals surface area contributed by atoms with Gasteiger partial charge in [-0.1, -0.05) is 263 Å². The van der Waals surface area contributed by atoms with E-state index in [0.29, 0.717) is 19.3 Å². The van der Waals surface area contributed by atoms with Gasteiger partial charge in [-0.15, -0.1) is 0 Å². The lowest BCUT2D eigenvalue weighted by molar-refractivity contribution is -0.167. The number of unbranched alkanes of at least 4 members (excludes halogenated alkanes) is 38. The van der Waals surface area contributed by atoms with E-state index >= 15 is 0 Å². The predicted molar refractivity (Wildman–Crippen MR) is 293 cm³/mol. The van der Waals surface area contributed by atoms with Gasteiger partial charge in [-0.2, -0.15) is 0 Å². The van der Waals surface area contributed by atoms with Crippen molar-refractivity contribution >= 4 is 17.9 Å². The van der Waals surface area contributed by atoms with Crippen molar-refractivity contribution in [3.05, 3.63) is 36.5 Å². The van der Waals surface area contributed by atoms with Crippen LogP contribution in [0, 0.1) is 0 Å². The van der Waals surface area contributed by atoms with Gasteiger partial charge in [0.15, 0.2) is 6.10 Å². The Balaban J connectivity index is 4.10. The van der Waals surface area contributed by atoms with Crippen LogP contribution < -0.4 is 0 Å². The monoisotopic (exact) mass is 955 g/mol. The van der Waals surface area contributed by atoms with Crippen LogP contribution in [0.4, 0.5) is 0 Å². The van der Waals surface area contributed by atoms with Crippen molar-refractivity contribution in [2.45, 2.75) is 329 Å².